The molecule has 0 aliphatic heterocycles. The number of Topliss-reactive ketones (excluding diaryl/α,β-unsaturated/α-hetero) is 1. The van der Waals surface area contributed by atoms with E-state index in [1.165, 1.54) is 36.4 Å². The average Bonchev–Trinajstić information content (AvgIpc) is 2.62. The SMILES string of the molecule is CC(C)(C)C(=O)Oc1ccc(S(=O)(=O)C(=[N+]=[N-])C(=O)c2ccccc2)cc1. The smallest absolute Gasteiger partial charge is 0.426 e. The highest BCUT2D eigenvalue weighted by atomic mass is 32.2. The molecule has 2 rings (SSSR count). The molecule has 0 saturated heterocycles. The first-order valence-corrected chi connectivity index (χ1v) is 9.45. The van der Waals surface area contributed by atoms with Crippen molar-refractivity contribution >= 4 is 26.6 Å². The fourth-order valence-corrected chi connectivity index (χ4v) is 3.18. The molecule has 2 aromatic rings. The second-order valence-corrected chi connectivity index (χ2v) is 8.58. The molecular formula is C19H18N2O5S. The highest BCUT2D eigenvalue weighted by Gasteiger charge is 2.38. The largest absolute Gasteiger partial charge is 0.456 e. The Bertz CT molecular complexity index is 1010. The van der Waals surface area contributed by atoms with Crippen molar-refractivity contribution in [3.63, 3.8) is 0 Å². The summed E-state index contributed by atoms with van der Waals surface area (Å²) in [4.78, 5) is 26.7. The van der Waals surface area contributed by atoms with Crippen molar-refractivity contribution in [2.45, 2.75) is 25.7 Å². The van der Waals surface area contributed by atoms with Gasteiger partial charge in [-0.1, -0.05) is 30.3 Å². The molecule has 0 aliphatic carbocycles. The number of ketones is 1. The summed E-state index contributed by atoms with van der Waals surface area (Å²) in [6.45, 7) is 5.06. The van der Waals surface area contributed by atoms with E-state index in [4.69, 9.17) is 10.3 Å². The zero-order chi connectivity index (χ0) is 20.2. The van der Waals surface area contributed by atoms with Crippen LogP contribution in [0.1, 0.15) is 31.1 Å². The summed E-state index contributed by atoms with van der Waals surface area (Å²) in [6.07, 6.45) is 0. The number of sulfone groups is 1. The van der Waals surface area contributed by atoms with Crippen molar-refractivity contribution in [3.05, 3.63) is 65.7 Å². The molecule has 0 aromatic heterocycles. The van der Waals surface area contributed by atoms with Crippen molar-refractivity contribution < 1.29 is 27.5 Å². The first-order chi connectivity index (χ1) is 12.6. The third-order valence-electron chi connectivity index (χ3n) is 3.53. The Morgan fingerprint density at radius 3 is 2.00 bits per heavy atom. The van der Waals surface area contributed by atoms with Gasteiger partial charge in [-0.2, -0.15) is 0 Å². The second-order valence-electron chi connectivity index (χ2n) is 6.71. The lowest BCUT2D eigenvalue weighted by molar-refractivity contribution is -0.143. The molecule has 0 bridgehead atoms. The van der Waals surface area contributed by atoms with Crippen LogP contribution < -0.4 is 4.74 Å². The topological polar surface area (TPSA) is 114 Å². The fourth-order valence-electron chi connectivity index (χ4n) is 1.99. The van der Waals surface area contributed by atoms with Gasteiger partial charge in [0, 0.05) is 5.56 Å². The first-order valence-electron chi connectivity index (χ1n) is 7.96. The highest BCUT2D eigenvalue weighted by Crippen LogP contribution is 2.22. The van der Waals surface area contributed by atoms with Gasteiger partial charge >= 0.3 is 11.0 Å². The normalized spacial score (nSPS) is 11.4. The molecule has 0 radical (unpaired) electrons. The van der Waals surface area contributed by atoms with Gasteiger partial charge in [0.25, 0.3) is 15.6 Å². The quantitative estimate of drug-likeness (QED) is 0.152. The van der Waals surface area contributed by atoms with Crippen molar-refractivity contribution in [2.24, 2.45) is 5.41 Å². The lowest BCUT2D eigenvalue weighted by Crippen LogP contribution is -2.26. The van der Waals surface area contributed by atoms with Gasteiger partial charge in [-0.25, -0.2) is 8.42 Å². The van der Waals surface area contributed by atoms with E-state index in [2.05, 4.69) is 4.79 Å². The van der Waals surface area contributed by atoms with Gasteiger partial charge in [-0.05, 0) is 45.0 Å². The van der Waals surface area contributed by atoms with E-state index in [0.29, 0.717) is 0 Å². The Labute approximate surface area is 157 Å². The molecule has 27 heavy (non-hydrogen) atoms. The van der Waals surface area contributed by atoms with Gasteiger partial charge in [-0.3, -0.25) is 9.59 Å². The molecule has 0 fully saturated rings. The van der Waals surface area contributed by atoms with E-state index in [9.17, 15) is 18.0 Å². The zero-order valence-electron chi connectivity index (χ0n) is 15.0. The van der Waals surface area contributed by atoms with Crippen molar-refractivity contribution in [3.8, 4) is 5.75 Å². The summed E-state index contributed by atoms with van der Waals surface area (Å²) in [5.41, 5.74) is 8.49. The number of carbonyl (C=O) groups is 2. The zero-order valence-corrected chi connectivity index (χ0v) is 15.9. The monoisotopic (exact) mass is 386 g/mol. The Kier molecular flexibility index (Phi) is 5.73. The molecule has 0 atom stereocenters. The Morgan fingerprint density at radius 2 is 1.52 bits per heavy atom. The molecule has 0 heterocycles. The predicted molar refractivity (Wildman–Crippen MR) is 98.1 cm³/mol. The van der Waals surface area contributed by atoms with Crippen LogP contribution in [0.5, 0.6) is 5.75 Å². The molecule has 140 valence electrons. The standard InChI is InChI=1S/C19H18N2O5S/c1-19(2,3)18(23)26-14-9-11-15(12-10-14)27(24,25)17(21-20)16(22)13-7-5-4-6-8-13/h4-12H,1-3H3. The Balaban J connectivity index is 2.32. The number of hydrogen-bond acceptors (Lipinski definition) is 5. The van der Waals surface area contributed by atoms with Gasteiger partial charge in [0.05, 0.1) is 10.3 Å². The molecule has 0 spiro atoms. The van der Waals surface area contributed by atoms with Crippen LogP contribution in [0.15, 0.2) is 59.5 Å². The number of carbonyl (C=O) groups excluding carboxylic acids is 2. The summed E-state index contributed by atoms with van der Waals surface area (Å²) < 4.78 is 30.5. The minimum absolute atomic E-state index is 0.0737. The molecule has 0 saturated carbocycles. The summed E-state index contributed by atoms with van der Waals surface area (Å²) in [7, 11) is -4.36. The third kappa shape index (κ3) is 4.55. The van der Waals surface area contributed by atoms with Crippen LogP contribution >= 0.6 is 0 Å². The molecule has 7 nitrogen and oxygen atoms in total. The fraction of sp³-hybridized carbons (Fsp3) is 0.211. The van der Waals surface area contributed by atoms with Gasteiger partial charge in [0.2, 0.25) is 0 Å². The van der Waals surface area contributed by atoms with Gasteiger partial charge in [0.15, 0.2) is 0 Å². The van der Waals surface area contributed by atoms with Crippen LogP contribution in [-0.2, 0) is 14.6 Å². The lowest BCUT2D eigenvalue weighted by Gasteiger charge is -2.16. The number of rotatable bonds is 4. The minimum Gasteiger partial charge on any atom is -0.426 e. The number of esters is 1. The van der Waals surface area contributed by atoms with E-state index in [0.717, 1.165) is 0 Å². The lowest BCUT2D eigenvalue weighted by atomic mass is 9.97. The second kappa shape index (κ2) is 7.65. The van der Waals surface area contributed by atoms with Crippen molar-refractivity contribution in [1.29, 1.82) is 0 Å². The van der Waals surface area contributed by atoms with Crippen molar-refractivity contribution in [1.82, 2.24) is 0 Å². The molecule has 0 aliphatic rings. The summed E-state index contributed by atoms with van der Waals surface area (Å²) in [5, 5.41) is -0.992. The molecular weight excluding hydrogens is 368 g/mol. The molecule has 2 aromatic carbocycles. The minimum atomic E-state index is -4.36. The molecule has 0 amide bonds. The van der Waals surface area contributed by atoms with Crippen LogP contribution in [0.25, 0.3) is 5.53 Å². The molecule has 0 unspecified atom stereocenters. The van der Waals surface area contributed by atoms with E-state index in [1.54, 1.807) is 39.0 Å². The van der Waals surface area contributed by atoms with E-state index in [1.807, 2.05) is 0 Å². The number of benzene rings is 2. The molecule has 0 N–H and O–H groups in total. The Hall–Kier alpha value is -3.09. The summed E-state index contributed by atoms with van der Waals surface area (Å²) in [5.74, 6) is -1.25. The Morgan fingerprint density at radius 1 is 0.963 bits per heavy atom. The van der Waals surface area contributed by atoms with Crippen molar-refractivity contribution in [2.75, 3.05) is 0 Å². The van der Waals surface area contributed by atoms with E-state index < -0.39 is 32.0 Å². The summed E-state index contributed by atoms with van der Waals surface area (Å²) >= 11 is 0. The van der Waals surface area contributed by atoms with E-state index in [-0.39, 0.29) is 16.2 Å². The van der Waals surface area contributed by atoms with Crippen LogP contribution in [0, 0.1) is 5.41 Å². The summed E-state index contributed by atoms with van der Waals surface area (Å²) in [6, 6.07) is 12.5. The van der Waals surface area contributed by atoms with Crippen LogP contribution in [0.2, 0.25) is 0 Å². The molecule has 8 heteroatoms. The van der Waals surface area contributed by atoms with Gasteiger partial charge < -0.3 is 10.3 Å². The van der Waals surface area contributed by atoms with Gasteiger partial charge in [0.1, 0.15) is 5.75 Å². The average molecular weight is 386 g/mol. The maximum Gasteiger partial charge on any atom is 0.456 e. The maximum absolute atomic E-state index is 12.7. The predicted octanol–water partition coefficient (Wildman–Crippen LogP) is 2.92. The maximum atomic E-state index is 12.7. The number of hydrogen-bond donors (Lipinski definition) is 0. The number of nitrogens with zero attached hydrogens (tertiary/aromatic N) is 2. The third-order valence-corrected chi connectivity index (χ3v) is 5.20. The highest BCUT2D eigenvalue weighted by molar-refractivity contribution is 8.08. The van der Waals surface area contributed by atoms with Crippen LogP contribution in [0.4, 0.5) is 0 Å². The van der Waals surface area contributed by atoms with Crippen LogP contribution in [-0.4, -0.2) is 30.0 Å². The van der Waals surface area contributed by atoms with Gasteiger partial charge in [-0.15, -0.1) is 4.79 Å². The first kappa shape index (κ1) is 20.2. The number of ether oxygens (including phenoxy) is 1. The van der Waals surface area contributed by atoms with Crippen LogP contribution in [0.3, 0.4) is 0 Å². The van der Waals surface area contributed by atoms with E-state index >= 15 is 0 Å².